The summed E-state index contributed by atoms with van der Waals surface area (Å²) in [5, 5.41) is 2.76. The number of rotatable bonds is 5. The van der Waals surface area contributed by atoms with Gasteiger partial charge in [0.05, 0.1) is 16.9 Å². The van der Waals surface area contributed by atoms with Crippen LogP contribution >= 0.6 is 0 Å². The van der Waals surface area contributed by atoms with Crippen LogP contribution in [0.4, 0.5) is 30.2 Å². The first-order valence-electron chi connectivity index (χ1n) is 12.1. The molecule has 0 saturated carbocycles. The highest BCUT2D eigenvalue weighted by atomic mass is 19.4. The van der Waals surface area contributed by atoms with Gasteiger partial charge in [0.15, 0.2) is 0 Å². The van der Waals surface area contributed by atoms with Crippen LogP contribution in [0.3, 0.4) is 0 Å². The number of nitrogens with zero attached hydrogens (tertiary/aromatic N) is 2. The average Bonchev–Trinajstić information content (AvgIpc) is 3.42. The summed E-state index contributed by atoms with van der Waals surface area (Å²) in [5.74, 6) is -1.20. The smallest absolute Gasteiger partial charge is 0.371 e. The van der Waals surface area contributed by atoms with Gasteiger partial charge in [0.2, 0.25) is 11.8 Å². The standard InChI is InChI=1S/C27H32F3N3O2/c1-5-26(16-33(24(34)19(26)4)23-17(2)9-8-10-18(23)3)25(35)31-21-13-20(27(28,29)30)14-22(15-21)32-11-6-7-12-32/h8-10,13-15,19H,5-7,11-12,16H2,1-4H3,(H,31,35)/t19?,26-/m1/s1. The van der Waals surface area contributed by atoms with E-state index >= 15 is 0 Å². The molecule has 188 valence electrons. The third kappa shape index (κ3) is 4.50. The molecular weight excluding hydrogens is 455 g/mol. The number of benzene rings is 2. The summed E-state index contributed by atoms with van der Waals surface area (Å²) in [4.78, 5) is 30.6. The van der Waals surface area contributed by atoms with Gasteiger partial charge in [-0.3, -0.25) is 9.59 Å². The van der Waals surface area contributed by atoms with Gasteiger partial charge < -0.3 is 15.1 Å². The molecule has 2 saturated heterocycles. The third-order valence-electron chi connectivity index (χ3n) is 7.67. The Hall–Kier alpha value is -3.03. The fourth-order valence-corrected chi connectivity index (χ4v) is 5.50. The molecule has 8 heteroatoms. The van der Waals surface area contributed by atoms with Crippen LogP contribution in [0, 0.1) is 25.2 Å². The quantitative estimate of drug-likeness (QED) is 0.568. The van der Waals surface area contributed by atoms with Crippen LogP contribution in [0.2, 0.25) is 0 Å². The van der Waals surface area contributed by atoms with Gasteiger partial charge in [-0.1, -0.05) is 32.0 Å². The number of nitrogens with one attached hydrogen (secondary N) is 1. The van der Waals surface area contributed by atoms with Crippen molar-refractivity contribution in [2.45, 2.75) is 53.1 Å². The van der Waals surface area contributed by atoms with Crippen LogP contribution in [0.15, 0.2) is 36.4 Å². The van der Waals surface area contributed by atoms with E-state index in [2.05, 4.69) is 5.32 Å². The van der Waals surface area contributed by atoms with E-state index in [1.54, 1.807) is 17.9 Å². The van der Waals surface area contributed by atoms with E-state index in [1.807, 2.05) is 43.9 Å². The molecule has 0 spiro atoms. The molecule has 0 aromatic heterocycles. The van der Waals surface area contributed by atoms with Crippen LogP contribution in [0.1, 0.15) is 49.8 Å². The maximum absolute atomic E-state index is 13.7. The molecule has 2 aromatic carbocycles. The number of aryl methyl sites for hydroxylation is 2. The van der Waals surface area contributed by atoms with Crippen LogP contribution in [0.5, 0.6) is 0 Å². The number of carbonyl (C=O) groups is 2. The van der Waals surface area contributed by atoms with E-state index in [0.717, 1.165) is 41.8 Å². The lowest BCUT2D eigenvalue weighted by molar-refractivity contribution is -0.137. The predicted octanol–water partition coefficient (Wildman–Crippen LogP) is 5.94. The van der Waals surface area contributed by atoms with E-state index < -0.39 is 29.0 Å². The number of anilines is 3. The van der Waals surface area contributed by atoms with Crippen molar-refractivity contribution in [2.24, 2.45) is 11.3 Å². The number of hydrogen-bond donors (Lipinski definition) is 1. The monoisotopic (exact) mass is 487 g/mol. The van der Waals surface area contributed by atoms with Crippen LogP contribution in [-0.2, 0) is 15.8 Å². The van der Waals surface area contributed by atoms with Gasteiger partial charge in [0, 0.05) is 36.7 Å². The third-order valence-corrected chi connectivity index (χ3v) is 7.67. The molecule has 2 heterocycles. The van der Waals surface area contributed by atoms with Crippen LogP contribution in [-0.4, -0.2) is 31.4 Å². The number of para-hydroxylation sites is 1. The molecule has 2 aliphatic rings. The summed E-state index contributed by atoms with van der Waals surface area (Å²) >= 11 is 0. The molecule has 0 radical (unpaired) electrons. The lowest BCUT2D eigenvalue weighted by Crippen LogP contribution is -2.42. The second kappa shape index (κ2) is 9.21. The maximum Gasteiger partial charge on any atom is 0.416 e. The number of hydrogen-bond acceptors (Lipinski definition) is 3. The average molecular weight is 488 g/mol. The van der Waals surface area contributed by atoms with Crippen molar-refractivity contribution in [2.75, 3.05) is 34.8 Å². The lowest BCUT2D eigenvalue weighted by atomic mass is 9.75. The first-order chi connectivity index (χ1) is 16.5. The van der Waals surface area contributed by atoms with Gasteiger partial charge in [0.25, 0.3) is 0 Å². The number of halogens is 3. The fraction of sp³-hybridized carbons (Fsp3) is 0.481. The zero-order chi connectivity index (χ0) is 25.5. The molecule has 0 aliphatic carbocycles. The molecule has 5 nitrogen and oxygen atoms in total. The van der Waals surface area contributed by atoms with Crippen LogP contribution < -0.4 is 15.1 Å². The lowest BCUT2D eigenvalue weighted by Gasteiger charge is -2.30. The topological polar surface area (TPSA) is 52.7 Å². The molecule has 4 rings (SSSR count). The maximum atomic E-state index is 13.7. The summed E-state index contributed by atoms with van der Waals surface area (Å²) < 4.78 is 41.0. The predicted molar refractivity (Wildman–Crippen MR) is 132 cm³/mol. The Kier molecular flexibility index (Phi) is 6.60. The van der Waals surface area contributed by atoms with Crippen molar-refractivity contribution in [1.82, 2.24) is 0 Å². The van der Waals surface area contributed by atoms with E-state index in [4.69, 9.17) is 0 Å². The summed E-state index contributed by atoms with van der Waals surface area (Å²) in [6.07, 6.45) is -2.31. The Morgan fingerprint density at radius 1 is 1.11 bits per heavy atom. The first kappa shape index (κ1) is 25.1. The largest absolute Gasteiger partial charge is 0.416 e. The van der Waals surface area contributed by atoms with Crippen molar-refractivity contribution >= 4 is 28.9 Å². The van der Waals surface area contributed by atoms with Gasteiger partial charge in [-0.15, -0.1) is 0 Å². The second-order valence-electron chi connectivity index (χ2n) is 9.81. The Morgan fingerprint density at radius 2 is 1.74 bits per heavy atom. The Morgan fingerprint density at radius 3 is 2.31 bits per heavy atom. The van der Waals surface area contributed by atoms with E-state index in [-0.39, 0.29) is 18.1 Å². The van der Waals surface area contributed by atoms with Crippen molar-refractivity contribution in [1.29, 1.82) is 0 Å². The molecule has 2 aromatic rings. The first-order valence-corrected chi connectivity index (χ1v) is 12.1. The van der Waals surface area contributed by atoms with Crippen LogP contribution in [0.25, 0.3) is 0 Å². The normalized spacial score (nSPS) is 22.7. The van der Waals surface area contributed by atoms with Gasteiger partial charge >= 0.3 is 6.18 Å². The second-order valence-corrected chi connectivity index (χ2v) is 9.81. The Balaban J connectivity index is 1.68. The highest BCUT2D eigenvalue weighted by Crippen LogP contribution is 2.45. The van der Waals surface area contributed by atoms with E-state index in [1.165, 1.54) is 0 Å². The van der Waals surface area contributed by atoms with E-state index in [9.17, 15) is 22.8 Å². The molecule has 2 aliphatic heterocycles. The summed E-state index contributed by atoms with van der Waals surface area (Å²) in [7, 11) is 0. The van der Waals surface area contributed by atoms with Crippen molar-refractivity contribution < 1.29 is 22.8 Å². The van der Waals surface area contributed by atoms with Gasteiger partial charge in [0.1, 0.15) is 0 Å². The van der Waals surface area contributed by atoms with Gasteiger partial charge in [-0.25, -0.2) is 0 Å². The van der Waals surface area contributed by atoms with Crippen molar-refractivity contribution in [3.63, 3.8) is 0 Å². The number of carbonyl (C=O) groups excluding carboxylic acids is 2. The number of amides is 2. The molecule has 0 bridgehead atoms. The minimum atomic E-state index is -4.53. The zero-order valence-electron chi connectivity index (χ0n) is 20.6. The zero-order valence-corrected chi connectivity index (χ0v) is 20.6. The molecular formula is C27H32F3N3O2. The number of alkyl halides is 3. The summed E-state index contributed by atoms with van der Waals surface area (Å²) in [6.45, 7) is 8.98. The molecule has 35 heavy (non-hydrogen) atoms. The Bertz CT molecular complexity index is 1120. The highest BCUT2D eigenvalue weighted by Gasteiger charge is 2.54. The SMILES string of the molecule is CC[C@@]1(C(=O)Nc2cc(N3CCCC3)cc(C(F)(F)F)c2)CN(c2c(C)cccc2C)C(=O)C1C. The molecule has 2 atom stereocenters. The molecule has 1 N–H and O–H groups in total. The highest BCUT2D eigenvalue weighted by molar-refractivity contribution is 6.07. The molecule has 1 unspecified atom stereocenters. The summed E-state index contributed by atoms with van der Waals surface area (Å²) in [6, 6.07) is 9.49. The minimum absolute atomic E-state index is 0.102. The Labute approximate surface area is 204 Å². The minimum Gasteiger partial charge on any atom is -0.371 e. The van der Waals surface area contributed by atoms with Crippen molar-refractivity contribution in [3.8, 4) is 0 Å². The van der Waals surface area contributed by atoms with Gasteiger partial charge in [-0.05, 0) is 62.4 Å². The fourth-order valence-electron chi connectivity index (χ4n) is 5.50. The summed E-state index contributed by atoms with van der Waals surface area (Å²) in [5.41, 5.74) is 1.36. The van der Waals surface area contributed by atoms with Crippen molar-refractivity contribution in [3.05, 3.63) is 53.1 Å². The molecule has 2 fully saturated rings. The van der Waals surface area contributed by atoms with Gasteiger partial charge in [-0.2, -0.15) is 13.2 Å². The molecule has 2 amide bonds. The van der Waals surface area contributed by atoms with E-state index in [0.29, 0.717) is 25.2 Å².